The molecule has 1 aromatic rings. The minimum Gasteiger partial charge on any atom is -0.357 e. The molecule has 5 nitrogen and oxygen atoms in total. The number of fused-ring (bicyclic) bond motifs is 1. The smallest absolute Gasteiger partial charge is 0.233 e. The van der Waals surface area contributed by atoms with Gasteiger partial charge in [-0.2, -0.15) is 0 Å². The van der Waals surface area contributed by atoms with Crippen LogP contribution in [0.2, 0.25) is 0 Å². The molecule has 1 saturated carbocycles. The van der Waals surface area contributed by atoms with Gasteiger partial charge in [0, 0.05) is 25.0 Å². The second kappa shape index (κ2) is 3.29. The molecule has 17 heavy (non-hydrogen) atoms. The number of amides is 2. The maximum absolute atomic E-state index is 11.9. The fourth-order valence-corrected chi connectivity index (χ4v) is 2.31. The van der Waals surface area contributed by atoms with Crippen molar-refractivity contribution in [3.63, 3.8) is 0 Å². The molecule has 0 bridgehead atoms. The molecule has 0 radical (unpaired) electrons. The number of Topliss-reactive ketones (excluding diaryl/α,β-unsaturated/α-hetero) is 1. The molecule has 2 fully saturated rings. The average molecular weight is 232 g/mol. The Bertz CT molecular complexity index is 512. The van der Waals surface area contributed by atoms with E-state index in [-0.39, 0.29) is 36.0 Å². The summed E-state index contributed by atoms with van der Waals surface area (Å²) in [6, 6.07) is 1.69. The number of carbonyl (C=O) groups excluding carboxylic acids is 3. The maximum Gasteiger partial charge on any atom is 0.233 e. The summed E-state index contributed by atoms with van der Waals surface area (Å²) in [4.78, 5) is 36.3. The standard InChI is InChI=1S/C12H12N2O3/c1-13-3-2-7(5-13)10(15)6-14-11(16)8-4-9(8)12(14)17/h2-3,5,8-9H,4,6H2,1H3. The van der Waals surface area contributed by atoms with E-state index in [2.05, 4.69) is 0 Å². The summed E-state index contributed by atoms with van der Waals surface area (Å²) in [5, 5.41) is 0. The molecule has 5 heteroatoms. The zero-order chi connectivity index (χ0) is 12.2. The Kier molecular flexibility index (Phi) is 1.98. The number of carbonyl (C=O) groups is 3. The predicted molar refractivity (Wildman–Crippen MR) is 58.1 cm³/mol. The van der Waals surface area contributed by atoms with Crippen molar-refractivity contribution in [3.05, 3.63) is 24.0 Å². The van der Waals surface area contributed by atoms with Gasteiger partial charge in [-0.3, -0.25) is 19.3 Å². The van der Waals surface area contributed by atoms with Gasteiger partial charge >= 0.3 is 0 Å². The lowest BCUT2D eigenvalue weighted by atomic mass is 10.2. The molecule has 1 aliphatic carbocycles. The van der Waals surface area contributed by atoms with Gasteiger partial charge in [0.2, 0.25) is 11.8 Å². The van der Waals surface area contributed by atoms with Crippen molar-refractivity contribution < 1.29 is 14.4 Å². The fraction of sp³-hybridized carbons (Fsp3) is 0.417. The molecule has 2 atom stereocenters. The van der Waals surface area contributed by atoms with Crippen molar-refractivity contribution in [2.75, 3.05) is 6.54 Å². The van der Waals surface area contributed by atoms with E-state index < -0.39 is 0 Å². The van der Waals surface area contributed by atoms with Crippen molar-refractivity contribution in [1.82, 2.24) is 9.47 Å². The summed E-state index contributed by atoms with van der Waals surface area (Å²) in [5.74, 6) is -0.806. The molecule has 0 aromatic carbocycles. The Morgan fingerprint density at radius 1 is 1.35 bits per heavy atom. The van der Waals surface area contributed by atoms with E-state index in [0.717, 1.165) is 4.90 Å². The fourth-order valence-electron chi connectivity index (χ4n) is 2.31. The highest BCUT2D eigenvalue weighted by Gasteiger charge is 2.58. The number of ketones is 1. The molecule has 88 valence electrons. The maximum atomic E-state index is 11.9. The number of hydrogen-bond acceptors (Lipinski definition) is 3. The number of imide groups is 1. The van der Waals surface area contributed by atoms with Crippen molar-refractivity contribution >= 4 is 17.6 Å². The molecule has 0 N–H and O–H groups in total. The number of piperidine rings is 1. The highest BCUT2D eigenvalue weighted by Crippen LogP contribution is 2.46. The molecule has 1 aromatic heterocycles. The molecule has 2 heterocycles. The first-order chi connectivity index (χ1) is 8.08. The molecule has 1 aliphatic heterocycles. The quantitative estimate of drug-likeness (QED) is 0.553. The number of aromatic nitrogens is 1. The minimum atomic E-state index is -0.186. The molecule has 2 aliphatic rings. The first-order valence-corrected chi connectivity index (χ1v) is 5.58. The molecule has 2 unspecified atom stereocenters. The summed E-state index contributed by atoms with van der Waals surface area (Å²) in [7, 11) is 1.82. The molecule has 0 spiro atoms. The zero-order valence-electron chi connectivity index (χ0n) is 9.42. The third-order valence-corrected chi connectivity index (χ3v) is 3.41. The number of hydrogen-bond donors (Lipinski definition) is 0. The lowest BCUT2D eigenvalue weighted by Gasteiger charge is -2.14. The number of nitrogens with zero attached hydrogens (tertiary/aromatic N) is 2. The SMILES string of the molecule is Cn1ccc(C(=O)CN2C(=O)C3CC3C2=O)c1. The average Bonchev–Trinajstić information content (AvgIpc) is 2.93. The highest BCUT2D eigenvalue weighted by molar-refractivity contribution is 6.12. The van der Waals surface area contributed by atoms with E-state index in [1.165, 1.54) is 0 Å². The van der Waals surface area contributed by atoms with Gasteiger partial charge in [-0.15, -0.1) is 0 Å². The zero-order valence-corrected chi connectivity index (χ0v) is 9.42. The van der Waals surface area contributed by atoms with Crippen LogP contribution >= 0.6 is 0 Å². The monoisotopic (exact) mass is 232 g/mol. The second-order valence-corrected chi connectivity index (χ2v) is 4.70. The van der Waals surface area contributed by atoms with Gasteiger partial charge in [0.15, 0.2) is 5.78 Å². The largest absolute Gasteiger partial charge is 0.357 e. The van der Waals surface area contributed by atoms with E-state index in [9.17, 15) is 14.4 Å². The Morgan fingerprint density at radius 3 is 2.53 bits per heavy atom. The van der Waals surface area contributed by atoms with Gasteiger partial charge in [0.1, 0.15) is 0 Å². The van der Waals surface area contributed by atoms with E-state index in [1.807, 2.05) is 7.05 Å². The van der Waals surface area contributed by atoms with Gasteiger partial charge in [0.25, 0.3) is 0 Å². The predicted octanol–water partition coefficient (Wildman–Crippen LogP) is 0.213. The number of rotatable bonds is 3. The van der Waals surface area contributed by atoms with E-state index in [4.69, 9.17) is 0 Å². The van der Waals surface area contributed by atoms with Crippen LogP contribution in [0.1, 0.15) is 16.8 Å². The van der Waals surface area contributed by atoms with Gasteiger partial charge < -0.3 is 4.57 Å². The van der Waals surface area contributed by atoms with Crippen LogP contribution in [0.3, 0.4) is 0 Å². The van der Waals surface area contributed by atoms with E-state index in [1.54, 1.807) is 23.0 Å². The summed E-state index contributed by atoms with van der Waals surface area (Å²) in [6.07, 6.45) is 4.13. The van der Waals surface area contributed by atoms with Crippen LogP contribution in [0.15, 0.2) is 18.5 Å². The third-order valence-electron chi connectivity index (χ3n) is 3.41. The molecular weight excluding hydrogens is 220 g/mol. The van der Waals surface area contributed by atoms with Crippen LogP contribution in [0.25, 0.3) is 0 Å². The Hall–Kier alpha value is -1.91. The number of aryl methyl sites for hydroxylation is 1. The van der Waals surface area contributed by atoms with Crippen LogP contribution < -0.4 is 0 Å². The molecular formula is C12H12N2O3. The highest BCUT2D eigenvalue weighted by atomic mass is 16.2. The van der Waals surface area contributed by atoms with Crippen LogP contribution in [0.4, 0.5) is 0 Å². The van der Waals surface area contributed by atoms with Gasteiger partial charge in [-0.25, -0.2) is 0 Å². The normalized spacial score (nSPS) is 26.3. The van der Waals surface area contributed by atoms with Crippen LogP contribution in [0.5, 0.6) is 0 Å². The topological polar surface area (TPSA) is 59.4 Å². The van der Waals surface area contributed by atoms with Gasteiger partial charge in [-0.1, -0.05) is 0 Å². The first kappa shape index (κ1) is 10.3. The second-order valence-electron chi connectivity index (χ2n) is 4.70. The molecule has 1 saturated heterocycles. The number of likely N-dealkylation sites (tertiary alicyclic amines) is 1. The van der Waals surface area contributed by atoms with Crippen LogP contribution in [-0.4, -0.2) is 33.6 Å². The summed E-state index contributed by atoms with van der Waals surface area (Å²) in [5.41, 5.74) is 0.536. The Labute approximate surface area is 98.0 Å². The van der Waals surface area contributed by atoms with E-state index >= 15 is 0 Å². The summed E-state index contributed by atoms with van der Waals surface area (Å²) >= 11 is 0. The minimum absolute atomic E-state index is 0.116. The van der Waals surface area contributed by atoms with Crippen molar-refractivity contribution in [2.45, 2.75) is 6.42 Å². The van der Waals surface area contributed by atoms with Crippen molar-refractivity contribution in [1.29, 1.82) is 0 Å². The Morgan fingerprint density at radius 2 is 2.00 bits per heavy atom. The van der Waals surface area contributed by atoms with Crippen molar-refractivity contribution in [2.24, 2.45) is 18.9 Å². The third kappa shape index (κ3) is 1.50. The Balaban J connectivity index is 1.74. The molecule has 3 rings (SSSR count). The van der Waals surface area contributed by atoms with Crippen LogP contribution in [-0.2, 0) is 16.6 Å². The van der Waals surface area contributed by atoms with Gasteiger partial charge in [-0.05, 0) is 12.5 Å². The lowest BCUT2D eigenvalue weighted by Crippen LogP contribution is -2.37. The van der Waals surface area contributed by atoms with Gasteiger partial charge in [0.05, 0.1) is 18.4 Å². The van der Waals surface area contributed by atoms with Crippen LogP contribution in [0, 0.1) is 11.8 Å². The van der Waals surface area contributed by atoms with E-state index in [0.29, 0.717) is 12.0 Å². The summed E-state index contributed by atoms with van der Waals surface area (Å²) in [6.45, 7) is -0.116. The summed E-state index contributed by atoms with van der Waals surface area (Å²) < 4.78 is 1.76. The first-order valence-electron chi connectivity index (χ1n) is 5.58. The molecule has 2 amide bonds. The lowest BCUT2D eigenvalue weighted by molar-refractivity contribution is -0.140. The van der Waals surface area contributed by atoms with Crippen molar-refractivity contribution in [3.8, 4) is 0 Å².